The summed E-state index contributed by atoms with van der Waals surface area (Å²) in [5.41, 5.74) is 15.8. The van der Waals surface area contributed by atoms with Crippen LogP contribution in [0.5, 0.6) is 0 Å². The van der Waals surface area contributed by atoms with Gasteiger partial charge in [0.05, 0.1) is 6.61 Å². The van der Waals surface area contributed by atoms with E-state index in [1.165, 1.54) is 0 Å². The van der Waals surface area contributed by atoms with Gasteiger partial charge >= 0.3 is 0 Å². The molecule has 6 N–H and O–H groups in total. The molecule has 0 spiro atoms. The molecule has 0 radical (unpaired) electrons. The minimum absolute atomic E-state index is 0.0122. The Morgan fingerprint density at radius 2 is 1.81 bits per heavy atom. The molecule has 0 bridgehead atoms. The Kier molecular flexibility index (Phi) is 6.94. The van der Waals surface area contributed by atoms with Gasteiger partial charge in [-0.15, -0.1) is 0 Å². The van der Waals surface area contributed by atoms with Gasteiger partial charge in [-0.25, -0.2) is 0 Å². The highest BCUT2D eigenvalue weighted by molar-refractivity contribution is 5.97. The molecule has 1 fully saturated rings. The number of rotatable bonds is 7. The second-order valence-corrected chi connectivity index (χ2v) is 10.1. The number of nitrogens with one attached hydrogen (secondary N) is 1. The van der Waals surface area contributed by atoms with Gasteiger partial charge in [-0.05, 0) is 53.6 Å². The lowest BCUT2D eigenvalue weighted by Gasteiger charge is -2.39. The Morgan fingerprint density at radius 3 is 2.56 bits per heavy atom. The highest BCUT2D eigenvalue weighted by Crippen LogP contribution is 2.37. The normalized spacial score (nSPS) is 21.4. The van der Waals surface area contributed by atoms with Crippen molar-refractivity contribution in [3.05, 3.63) is 77.4 Å². The van der Waals surface area contributed by atoms with Gasteiger partial charge < -0.3 is 26.4 Å². The average Bonchev–Trinajstić information content (AvgIpc) is 3.25. The van der Waals surface area contributed by atoms with Crippen molar-refractivity contribution < 1.29 is 9.90 Å². The number of amidine groups is 1. The zero-order chi connectivity index (χ0) is 25.2. The van der Waals surface area contributed by atoms with E-state index in [0.29, 0.717) is 25.1 Å². The molecule has 7 heteroatoms. The number of carbonyl (C=O) groups excluding carboxylic acids is 1. The molecular weight excluding hydrogens is 450 g/mol. The van der Waals surface area contributed by atoms with E-state index in [2.05, 4.69) is 35.2 Å². The standard InChI is InChI=1S/C29H35N5O2/c30-23-10-12-24(13-11-23)33(14-15-35)29(36)27-16-20-8-9-21(28(31)32)17-26(20)34(27)18-22-6-3-5-19-4-1-2-7-25(19)22/h1-9,17,23-24,27,35H,10-16,18,30H2,(H3,31,32)/t23-,24-,27?. The second-order valence-electron chi connectivity index (χ2n) is 10.1. The van der Waals surface area contributed by atoms with Gasteiger partial charge in [0.1, 0.15) is 11.9 Å². The third kappa shape index (κ3) is 4.68. The van der Waals surface area contributed by atoms with Crippen molar-refractivity contribution in [2.75, 3.05) is 18.1 Å². The molecule has 1 heterocycles. The fourth-order valence-electron chi connectivity index (χ4n) is 5.87. The molecule has 1 aliphatic carbocycles. The van der Waals surface area contributed by atoms with E-state index >= 15 is 0 Å². The first-order valence-corrected chi connectivity index (χ1v) is 12.8. The first kappa shape index (κ1) is 24.3. The fourth-order valence-corrected chi connectivity index (χ4v) is 5.87. The molecule has 1 aliphatic heterocycles. The monoisotopic (exact) mass is 485 g/mol. The Bertz CT molecular complexity index is 1260. The van der Waals surface area contributed by atoms with Crippen LogP contribution in [0.25, 0.3) is 10.8 Å². The number of hydrogen-bond acceptors (Lipinski definition) is 5. The summed E-state index contributed by atoms with van der Waals surface area (Å²) in [6.07, 6.45) is 4.11. The highest BCUT2D eigenvalue weighted by Gasteiger charge is 2.39. The molecule has 7 nitrogen and oxygen atoms in total. The van der Waals surface area contributed by atoms with Gasteiger partial charge in [-0.3, -0.25) is 10.2 Å². The number of aliphatic hydroxyl groups is 1. The summed E-state index contributed by atoms with van der Waals surface area (Å²) in [6.45, 7) is 0.826. The number of benzene rings is 3. The number of anilines is 1. The van der Waals surface area contributed by atoms with E-state index < -0.39 is 0 Å². The quantitative estimate of drug-likeness (QED) is 0.303. The maximum Gasteiger partial charge on any atom is 0.245 e. The van der Waals surface area contributed by atoms with Gasteiger partial charge in [0.2, 0.25) is 5.91 Å². The summed E-state index contributed by atoms with van der Waals surface area (Å²) in [5, 5.41) is 20.1. The van der Waals surface area contributed by atoms with E-state index in [-0.39, 0.29) is 36.5 Å². The maximum absolute atomic E-state index is 14.1. The maximum atomic E-state index is 14.1. The van der Waals surface area contributed by atoms with Gasteiger partial charge in [-0.1, -0.05) is 54.6 Å². The van der Waals surface area contributed by atoms with Crippen LogP contribution in [0.2, 0.25) is 0 Å². The lowest BCUT2D eigenvalue weighted by atomic mass is 9.90. The van der Waals surface area contributed by atoms with E-state index in [1.54, 1.807) is 0 Å². The Balaban J connectivity index is 1.52. The largest absolute Gasteiger partial charge is 0.395 e. The summed E-state index contributed by atoms with van der Waals surface area (Å²) in [6, 6.07) is 20.3. The highest BCUT2D eigenvalue weighted by atomic mass is 16.3. The van der Waals surface area contributed by atoms with Crippen LogP contribution >= 0.6 is 0 Å². The minimum atomic E-state index is -0.386. The number of aliphatic hydroxyl groups excluding tert-OH is 1. The van der Waals surface area contributed by atoms with Crippen LogP contribution in [-0.2, 0) is 17.8 Å². The molecule has 5 rings (SSSR count). The van der Waals surface area contributed by atoms with Crippen molar-refractivity contribution in [3.63, 3.8) is 0 Å². The van der Waals surface area contributed by atoms with E-state index in [0.717, 1.165) is 53.3 Å². The zero-order valence-corrected chi connectivity index (χ0v) is 20.6. The van der Waals surface area contributed by atoms with E-state index in [9.17, 15) is 9.90 Å². The average molecular weight is 486 g/mol. The third-order valence-corrected chi connectivity index (χ3v) is 7.81. The van der Waals surface area contributed by atoms with Crippen molar-refractivity contribution in [1.29, 1.82) is 5.41 Å². The minimum Gasteiger partial charge on any atom is -0.395 e. The van der Waals surface area contributed by atoms with Crippen LogP contribution in [0.3, 0.4) is 0 Å². The second kappa shape index (κ2) is 10.3. The summed E-state index contributed by atoms with van der Waals surface area (Å²) < 4.78 is 0. The number of hydrogen-bond donors (Lipinski definition) is 4. The molecule has 1 saturated carbocycles. The Labute approximate surface area is 212 Å². The molecule has 1 atom stereocenters. The van der Waals surface area contributed by atoms with Gasteiger partial charge in [-0.2, -0.15) is 0 Å². The lowest BCUT2D eigenvalue weighted by Crippen LogP contribution is -2.53. The third-order valence-electron chi connectivity index (χ3n) is 7.81. The molecule has 1 unspecified atom stereocenters. The number of nitrogens with two attached hydrogens (primary N) is 2. The van der Waals surface area contributed by atoms with Crippen molar-refractivity contribution in [2.24, 2.45) is 11.5 Å². The number of amides is 1. The smallest absolute Gasteiger partial charge is 0.245 e. The van der Waals surface area contributed by atoms with Crippen LogP contribution in [0.4, 0.5) is 5.69 Å². The summed E-state index contributed by atoms with van der Waals surface area (Å²) >= 11 is 0. The van der Waals surface area contributed by atoms with Crippen molar-refractivity contribution in [3.8, 4) is 0 Å². The summed E-state index contributed by atoms with van der Waals surface area (Å²) in [4.78, 5) is 18.2. The topological polar surface area (TPSA) is 120 Å². The van der Waals surface area contributed by atoms with E-state index in [1.807, 2.05) is 35.2 Å². The van der Waals surface area contributed by atoms with Gasteiger partial charge in [0.15, 0.2) is 0 Å². The summed E-state index contributed by atoms with van der Waals surface area (Å²) in [7, 11) is 0. The molecule has 0 saturated heterocycles. The van der Waals surface area contributed by atoms with E-state index in [4.69, 9.17) is 16.9 Å². The van der Waals surface area contributed by atoms with Crippen molar-refractivity contribution in [2.45, 2.75) is 56.8 Å². The number of fused-ring (bicyclic) bond motifs is 2. The van der Waals surface area contributed by atoms with Crippen LogP contribution < -0.4 is 16.4 Å². The predicted octanol–water partition coefficient (Wildman–Crippen LogP) is 3.15. The number of nitrogen functional groups attached to an aromatic ring is 1. The molecule has 3 aromatic rings. The zero-order valence-electron chi connectivity index (χ0n) is 20.6. The molecule has 188 valence electrons. The van der Waals surface area contributed by atoms with Gasteiger partial charge in [0, 0.05) is 42.8 Å². The first-order chi connectivity index (χ1) is 17.5. The van der Waals surface area contributed by atoms with Crippen LogP contribution in [0, 0.1) is 5.41 Å². The molecule has 1 amide bonds. The van der Waals surface area contributed by atoms with Crippen LogP contribution in [-0.4, -0.2) is 53.0 Å². The lowest BCUT2D eigenvalue weighted by molar-refractivity contribution is -0.136. The fraction of sp³-hybridized carbons (Fsp3) is 0.379. The van der Waals surface area contributed by atoms with Crippen LogP contribution in [0.1, 0.15) is 42.4 Å². The molecule has 3 aromatic carbocycles. The molecule has 0 aromatic heterocycles. The number of carbonyl (C=O) groups is 1. The molecule has 36 heavy (non-hydrogen) atoms. The predicted molar refractivity (Wildman–Crippen MR) is 144 cm³/mol. The van der Waals surface area contributed by atoms with Crippen molar-refractivity contribution in [1.82, 2.24) is 4.90 Å². The van der Waals surface area contributed by atoms with Gasteiger partial charge in [0.25, 0.3) is 0 Å². The first-order valence-electron chi connectivity index (χ1n) is 12.8. The molecule has 2 aliphatic rings. The number of nitrogens with zero attached hydrogens (tertiary/aromatic N) is 2. The summed E-state index contributed by atoms with van der Waals surface area (Å²) in [5.74, 6) is 0.0588. The molecular formula is C29H35N5O2. The Hall–Kier alpha value is -3.42. The Morgan fingerprint density at radius 1 is 1.06 bits per heavy atom. The van der Waals surface area contributed by atoms with Crippen molar-refractivity contribution >= 4 is 28.2 Å². The SMILES string of the molecule is N=C(N)c1ccc2c(c1)N(Cc1cccc3ccccc13)C(C(=O)N(CCO)[C@H]1CC[C@H](N)CC1)C2. The van der Waals surface area contributed by atoms with Crippen LogP contribution in [0.15, 0.2) is 60.7 Å².